The number of fused-ring (bicyclic) bond motifs is 1. The molecule has 0 bridgehead atoms. The first kappa shape index (κ1) is 19.1. The Morgan fingerprint density at radius 2 is 1.90 bits per heavy atom. The van der Waals surface area contributed by atoms with Crippen LogP contribution in [0.15, 0.2) is 36.5 Å². The topological polar surface area (TPSA) is 81.7 Å². The van der Waals surface area contributed by atoms with E-state index in [4.69, 9.17) is 0 Å². The molecule has 1 N–H and O–H groups in total. The maximum atomic E-state index is 12.3. The lowest BCUT2D eigenvalue weighted by molar-refractivity contribution is -0.137. The molecule has 5 rings (SSSR count). The zero-order valence-corrected chi connectivity index (χ0v) is 17.0. The van der Waals surface area contributed by atoms with Crippen LogP contribution in [-0.4, -0.2) is 64.0 Å². The fourth-order valence-electron chi connectivity index (χ4n) is 4.75. The van der Waals surface area contributed by atoms with Gasteiger partial charge in [0, 0.05) is 58.4 Å². The maximum absolute atomic E-state index is 12.3. The van der Waals surface area contributed by atoms with E-state index in [1.54, 1.807) is 6.20 Å². The van der Waals surface area contributed by atoms with Crippen LogP contribution in [0.5, 0.6) is 0 Å². The molecule has 3 aliphatic rings. The number of rotatable bonds is 4. The number of nitrogens with zero attached hydrogens (tertiary/aromatic N) is 5. The van der Waals surface area contributed by atoms with Crippen molar-refractivity contribution in [3.8, 4) is 0 Å². The number of anilines is 1. The maximum Gasteiger partial charge on any atom is 0.243 e. The van der Waals surface area contributed by atoms with Crippen LogP contribution in [-0.2, 0) is 29.2 Å². The molecule has 2 amide bonds. The molecule has 1 aromatic carbocycles. The second-order valence-corrected chi connectivity index (χ2v) is 8.27. The summed E-state index contributed by atoms with van der Waals surface area (Å²) in [4.78, 5) is 30.7. The Hall–Kier alpha value is -2.84. The minimum atomic E-state index is -0.210. The largest absolute Gasteiger partial charge is 0.353 e. The van der Waals surface area contributed by atoms with E-state index in [0.717, 1.165) is 51.6 Å². The molecule has 156 valence electrons. The van der Waals surface area contributed by atoms with Crippen molar-refractivity contribution in [1.82, 2.24) is 25.3 Å². The van der Waals surface area contributed by atoms with Crippen LogP contribution in [0.4, 0.5) is 5.82 Å². The molecule has 0 radical (unpaired) electrons. The normalized spacial score (nSPS) is 22.8. The lowest BCUT2D eigenvalue weighted by atomic mass is 10.0. The second kappa shape index (κ2) is 8.12. The Labute approximate surface area is 175 Å². The minimum absolute atomic E-state index is 0.152. The van der Waals surface area contributed by atoms with Gasteiger partial charge in [0.15, 0.2) is 5.82 Å². The smallest absolute Gasteiger partial charge is 0.243 e. The van der Waals surface area contributed by atoms with Crippen LogP contribution >= 0.6 is 0 Å². The van der Waals surface area contributed by atoms with Crippen molar-refractivity contribution in [1.29, 1.82) is 0 Å². The van der Waals surface area contributed by atoms with Gasteiger partial charge >= 0.3 is 0 Å². The van der Waals surface area contributed by atoms with E-state index in [1.807, 2.05) is 12.1 Å². The number of piperidine rings is 1. The first-order valence-electron chi connectivity index (χ1n) is 10.6. The van der Waals surface area contributed by atoms with Crippen molar-refractivity contribution >= 4 is 17.6 Å². The number of benzene rings is 1. The van der Waals surface area contributed by atoms with Gasteiger partial charge in [-0.3, -0.25) is 24.7 Å². The highest BCUT2D eigenvalue weighted by molar-refractivity contribution is 6.00. The zero-order chi connectivity index (χ0) is 20.5. The second-order valence-electron chi connectivity index (χ2n) is 8.27. The van der Waals surface area contributed by atoms with Gasteiger partial charge in [-0.1, -0.05) is 18.2 Å². The number of carbonyl (C=O) groups is 2. The lowest BCUT2D eigenvalue weighted by Crippen LogP contribution is -2.50. The van der Waals surface area contributed by atoms with Gasteiger partial charge in [0.25, 0.3) is 0 Å². The standard InChI is InChI=1S/C22H26N6O2/c29-21-7-6-19(22(30)24-21)28-14-17-4-1-3-16(18(17)15-28)13-26-9-11-27(12-10-26)20-5-2-8-23-25-20/h1-5,8,19H,6-7,9-15H2,(H,24,29,30). The fourth-order valence-corrected chi connectivity index (χ4v) is 4.75. The van der Waals surface area contributed by atoms with Crippen molar-refractivity contribution < 1.29 is 9.59 Å². The number of hydrogen-bond acceptors (Lipinski definition) is 7. The van der Waals surface area contributed by atoms with Crippen molar-refractivity contribution in [2.75, 3.05) is 31.1 Å². The summed E-state index contributed by atoms with van der Waals surface area (Å²) < 4.78 is 0. The van der Waals surface area contributed by atoms with E-state index in [-0.39, 0.29) is 17.9 Å². The van der Waals surface area contributed by atoms with E-state index in [0.29, 0.717) is 12.8 Å². The summed E-state index contributed by atoms with van der Waals surface area (Å²) in [5.74, 6) is 0.632. The minimum Gasteiger partial charge on any atom is -0.353 e. The molecule has 8 heteroatoms. The summed E-state index contributed by atoms with van der Waals surface area (Å²) in [6.07, 6.45) is 2.73. The SMILES string of the molecule is O=C1CCC(N2Cc3cccc(CN4CCN(c5cccnn5)CC4)c3C2)C(=O)N1. The Kier molecular flexibility index (Phi) is 5.18. The zero-order valence-electron chi connectivity index (χ0n) is 17.0. The molecule has 1 aromatic heterocycles. The number of amides is 2. The van der Waals surface area contributed by atoms with Crippen LogP contribution in [0.1, 0.15) is 29.5 Å². The molecule has 3 aliphatic heterocycles. The van der Waals surface area contributed by atoms with Crippen molar-refractivity contribution in [3.63, 3.8) is 0 Å². The predicted molar refractivity (Wildman–Crippen MR) is 111 cm³/mol. The van der Waals surface area contributed by atoms with Crippen LogP contribution in [0.2, 0.25) is 0 Å². The molecule has 1 unspecified atom stereocenters. The van der Waals surface area contributed by atoms with Gasteiger partial charge in [-0.15, -0.1) is 5.10 Å². The molecule has 30 heavy (non-hydrogen) atoms. The Bertz CT molecular complexity index is 942. The van der Waals surface area contributed by atoms with Crippen molar-refractivity contribution in [2.24, 2.45) is 0 Å². The average Bonchev–Trinajstić information content (AvgIpc) is 3.20. The number of aromatic nitrogens is 2. The molecule has 0 spiro atoms. The summed E-state index contributed by atoms with van der Waals surface area (Å²) in [7, 11) is 0. The monoisotopic (exact) mass is 406 g/mol. The van der Waals surface area contributed by atoms with Gasteiger partial charge in [0.2, 0.25) is 11.8 Å². The van der Waals surface area contributed by atoms with Crippen molar-refractivity contribution in [2.45, 2.75) is 38.5 Å². The first-order valence-corrected chi connectivity index (χ1v) is 10.6. The molecule has 4 heterocycles. The summed E-state index contributed by atoms with van der Waals surface area (Å²) in [5, 5.41) is 10.7. The van der Waals surface area contributed by atoms with Crippen molar-refractivity contribution in [3.05, 3.63) is 53.2 Å². The average molecular weight is 406 g/mol. The highest BCUT2D eigenvalue weighted by Crippen LogP contribution is 2.30. The highest BCUT2D eigenvalue weighted by Gasteiger charge is 2.35. The number of imide groups is 1. The Balaban J connectivity index is 1.23. The third-order valence-electron chi connectivity index (χ3n) is 6.40. The summed E-state index contributed by atoms with van der Waals surface area (Å²) in [5.41, 5.74) is 3.99. The van der Waals surface area contributed by atoms with E-state index in [1.165, 1.54) is 16.7 Å². The van der Waals surface area contributed by atoms with Gasteiger partial charge in [0.05, 0.1) is 6.04 Å². The molecule has 8 nitrogen and oxygen atoms in total. The van der Waals surface area contributed by atoms with E-state index in [9.17, 15) is 9.59 Å². The summed E-state index contributed by atoms with van der Waals surface area (Å²) in [6, 6.07) is 10.2. The van der Waals surface area contributed by atoms with Gasteiger partial charge in [-0.25, -0.2) is 0 Å². The number of nitrogens with one attached hydrogen (secondary N) is 1. The third-order valence-corrected chi connectivity index (χ3v) is 6.40. The van der Waals surface area contributed by atoms with Gasteiger partial charge in [0.1, 0.15) is 0 Å². The molecule has 0 aliphatic carbocycles. The fraction of sp³-hybridized carbons (Fsp3) is 0.455. The molecular weight excluding hydrogens is 380 g/mol. The summed E-state index contributed by atoms with van der Waals surface area (Å²) >= 11 is 0. The van der Waals surface area contributed by atoms with Gasteiger partial charge in [-0.2, -0.15) is 5.10 Å². The Morgan fingerprint density at radius 3 is 2.67 bits per heavy atom. The summed E-state index contributed by atoms with van der Waals surface area (Å²) in [6.45, 7) is 6.31. The predicted octanol–water partition coefficient (Wildman–Crippen LogP) is 0.920. The number of hydrogen-bond donors (Lipinski definition) is 1. The molecular formula is C22H26N6O2. The molecule has 2 saturated heterocycles. The molecule has 1 atom stereocenters. The van der Waals surface area contributed by atoms with Crippen LogP contribution < -0.4 is 10.2 Å². The van der Waals surface area contributed by atoms with Crippen LogP contribution in [0, 0.1) is 0 Å². The molecule has 2 aromatic rings. The number of carbonyl (C=O) groups excluding carboxylic acids is 2. The number of piperazine rings is 1. The van der Waals surface area contributed by atoms with Gasteiger partial charge < -0.3 is 4.90 Å². The Morgan fingerprint density at radius 1 is 1.03 bits per heavy atom. The van der Waals surface area contributed by atoms with Gasteiger partial charge in [-0.05, 0) is 35.2 Å². The van der Waals surface area contributed by atoms with E-state index < -0.39 is 0 Å². The molecule has 0 saturated carbocycles. The quantitative estimate of drug-likeness (QED) is 0.756. The van der Waals surface area contributed by atoms with E-state index >= 15 is 0 Å². The lowest BCUT2D eigenvalue weighted by Gasteiger charge is -2.35. The highest BCUT2D eigenvalue weighted by atomic mass is 16.2. The van der Waals surface area contributed by atoms with Crippen LogP contribution in [0.25, 0.3) is 0 Å². The van der Waals surface area contributed by atoms with E-state index in [2.05, 4.69) is 48.4 Å². The first-order chi connectivity index (χ1) is 14.7. The van der Waals surface area contributed by atoms with Crippen LogP contribution in [0.3, 0.4) is 0 Å². The molecule has 2 fully saturated rings. The third kappa shape index (κ3) is 3.80.